The Morgan fingerprint density at radius 1 is 0.853 bits per heavy atom. The van der Waals surface area contributed by atoms with E-state index in [0.717, 1.165) is 5.01 Å². The molecule has 7 nitrogen and oxygen atoms in total. The summed E-state index contributed by atoms with van der Waals surface area (Å²) in [5, 5.41) is 1.93. The summed E-state index contributed by atoms with van der Waals surface area (Å²) in [4.78, 5) is 53.4. The highest BCUT2D eigenvalue weighted by atomic mass is 35.5. The van der Waals surface area contributed by atoms with E-state index in [0.29, 0.717) is 10.8 Å². The van der Waals surface area contributed by atoms with Gasteiger partial charge in [-0.3, -0.25) is 19.2 Å². The Balaban J connectivity index is 1.78. The topological polar surface area (TPSA) is 84.0 Å². The maximum Gasteiger partial charge on any atom is 0.280 e. The second kappa shape index (κ2) is 9.29. The van der Waals surface area contributed by atoms with E-state index in [1.54, 1.807) is 36.4 Å². The fraction of sp³-hybridized carbons (Fsp3) is 0.120. The minimum absolute atomic E-state index is 0.0559. The molecule has 0 bridgehead atoms. The normalized spacial score (nSPS) is 13.5. The van der Waals surface area contributed by atoms with Crippen LogP contribution < -0.4 is 4.74 Å². The smallest absolute Gasteiger partial charge is 0.280 e. The van der Waals surface area contributed by atoms with Crippen molar-refractivity contribution < 1.29 is 23.9 Å². The van der Waals surface area contributed by atoms with Gasteiger partial charge in [0.05, 0.1) is 28.3 Å². The average Bonchev–Trinajstić information content (AvgIpc) is 3.10. The molecule has 3 aromatic carbocycles. The number of nitrogens with zero attached hydrogens (tertiary/aromatic N) is 2. The Morgan fingerprint density at radius 2 is 1.41 bits per heavy atom. The molecule has 0 unspecified atom stereocenters. The number of hydrogen-bond acceptors (Lipinski definition) is 5. The number of halogens is 2. The van der Waals surface area contributed by atoms with Gasteiger partial charge in [-0.05, 0) is 61.5 Å². The zero-order valence-electron chi connectivity index (χ0n) is 18.1. The van der Waals surface area contributed by atoms with Gasteiger partial charge in [0, 0.05) is 11.1 Å². The molecule has 0 N–H and O–H groups in total. The molecule has 0 saturated heterocycles. The van der Waals surface area contributed by atoms with Crippen molar-refractivity contribution in [1.29, 1.82) is 0 Å². The Bertz CT molecular complexity index is 1290. The lowest BCUT2D eigenvalue weighted by Gasteiger charge is -2.34. The van der Waals surface area contributed by atoms with E-state index in [1.165, 1.54) is 44.4 Å². The summed E-state index contributed by atoms with van der Waals surface area (Å²) in [6.45, 7) is 1.45. The fourth-order valence-electron chi connectivity index (χ4n) is 3.68. The van der Waals surface area contributed by atoms with Crippen molar-refractivity contribution in [3.05, 3.63) is 99.0 Å². The van der Waals surface area contributed by atoms with Crippen molar-refractivity contribution in [3.63, 3.8) is 0 Å². The maximum absolute atomic E-state index is 13.6. The summed E-state index contributed by atoms with van der Waals surface area (Å²) in [5.41, 5.74) is 0.615. The van der Waals surface area contributed by atoms with E-state index in [4.69, 9.17) is 27.9 Å². The van der Waals surface area contributed by atoms with Gasteiger partial charge >= 0.3 is 0 Å². The maximum atomic E-state index is 13.6. The third-order valence-electron chi connectivity index (χ3n) is 5.48. The van der Waals surface area contributed by atoms with E-state index < -0.39 is 29.5 Å². The number of methoxy groups -OCH3 is 1. The van der Waals surface area contributed by atoms with Crippen LogP contribution in [-0.2, 0) is 0 Å². The van der Waals surface area contributed by atoms with E-state index >= 15 is 0 Å². The molecule has 4 rings (SSSR count). The highest BCUT2D eigenvalue weighted by Gasteiger charge is 2.44. The standard InChI is InChI=1S/C25H18Cl2N2O5/c1-14(22(30)15-7-10-17(34-2)11-8-15)28(23(31)16-9-12-20(26)21(27)13-16)29-24(32)18-5-3-4-6-19(18)25(29)33/h3-14H,1-2H3/t14-/m1/s1. The number of hydrogen-bond donors (Lipinski definition) is 0. The van der Waals surface area contributed by atoms with Crippen LogP contribution in [-0.4, -0.2) is 46.7 Å². The predicted octanol–water partition coefficient (Wildman–Crippen LogP) is 4.93. The lowest BCUT2D eigenvalue weighted by molar-refractivity contribution is -0.00680. The summed E-state index contributed by atoms with van der Waals surface area (Å²) in [7, 11) is 1.50. The molecular weight excluding hydrogens is 479 g/mol. The van der Waals surface area contributed by atoms with Gasteiger partial charge < -0.3 is 4.74 Å². The van der Waals surface area contributed by atoms with Crippen LogP contribution in [0.2, 0.25) is 10.0 Å². The first kappa shape index (κ1) is 23.5. The van der Waals surface area contributed by atoms with Crippen LogP contribution >= 0.6 is 23.2 Å². The first-order valence-electron chi connectivity index (χ1n) is 10.2. The molecule has 3 amide bonds. The van der Waals surface area contributed by atoms with Crippen LogP contribution in [0.25, 0.3) is 0 Å². The third kappa shape index (κ3) is 4.04. The van der Waals surface area contributed by atoms with Crippen molar-refractivity contribution in [3.8, 4) is 5.75 Å². The minimum Gasteiger partial charge on any atom is -0.497 e. The number of benzene rings is 3. The number of fused-ring (bicyclic) bond motifs is 1. The van der Waals surface area contributed by atoms with Crippen molar-refractivity contribution >= 4 is 46.7 Å². The van der Waals surface area contributed by atoms with Crippen molar-refractivity contribution in [2.24, 2.45) is 0 Å². The molecule has 0 fully saturated rings. The SMILES string of the molecule is COc1ccc(C(=O)[C@@H](C)N(C(=O)c2ccc(Cl)c(Cl)c2)N2C(=O)c3ccccc3C2=O)cc1. The molecule has 0 radical (unpaired) electrons. The third-order valence-corrected chi connectivity index (χ3v) is 6.22. The van der Waals surface area contributed by atoms with E-state index in [2.05, 4.69) is 0 Å². The first-order valence-corrected chi connectivity index (χ1v) is 10.9. The van der Waals surface area contributed by atoms with E-state index in [1.807, 2.05) is 0 Å². The predicted molar refractivity (Wildman–Crippen MR) is 126 cm³/mol. The van der Waals surface area contributed by atoms with Crippen LogP contribution in [0.1, 0.15) is 48.4 Å². The molecular formula is C25H18Cl2N2O5. The number of Topliss-reactive ketones (excluding diaryl/α,β-unsaturated/α-hetero) is 1. The van der Waals surface area contributed by atoms with Crippen LogP contribution in [0.15, 0.2) is 66.7 Å². The summed E-state index contributed by atoms with van der Waals surface area (Å²) < 4.78 is 5.12. The van der Waals surface area contributed by atoms with Gasteiger partial charge in [-0.1, -0.05) is 35.3 Å². The van der Waals surface area contributed by atoms with Crippen LogP contribution in [0.4, 0.5) is 0 Å². The summed E-state index contributed by atoms with van der Waals surface area (Å²) in [6, 6.07) is 15.5. The van der Waals surface area contributed by atoms with E-state index in [9.17, 15) is 19.2 Å². The average molecular weight is 497 g/mol. The number of carbonyl (C=O) groups is 4. The molecule has 1 aliphatic rings. The molecule has 1 atom stereocenters. The fourth-order valence-corrected chi connectivity index (χ4v) is 3.98. The molecule has 172 valence electrons. The summed E-state index contributed by atoms with van der Waals surface area (Å²) >= 11 is 12.1. The Morgan fingerprint density at radius 3 is 1.94 bits per heavy atom. The van der Waals surface area contributed by atoms with Crippen molar-refractivity contribution in [2.45, 2.75) is 13.0 Å². The second-order valence-corrected chi connectivity index (χ2v) is 8.33. The number of ketones is 1. The van der Waals surface area contributed by atoms with Gasteiger partial charge in [-0.2, -0.15) is 5.01 Å². The number of amides is 3. The molecule has 0 saturated carbocycles. The molecule has 1 heterocycles. The molecule has 0 spiro atoms. The lowest BCUT2D eigenvalue weighted by atomic mass is 10.0. The highest BCUT2D eigenvalue weighted by Crippen LogP contribution is 2.29. The molecule has 0 aliphatic carbocycles. The first-order chi connectivity index (χ1) is 16.2. The second-order valence-electron chi connectivity index (χ2n) is 7.52. The molecule has 9 heteroatoms. The van der Waals surface area contributed by atoms with Gasteiger partial charge in [0.15, 0.2) is 5.78 Å². The molecule has 3 aromatic rings. The van der Waals surface area contributed by atoms with Crippen LogP contribution in [0, 0.1) is 0 Å². The number of rotatable bonds is 6. The van der Waals surface area contributed by atoms with Crippen molar-refractivity contribution in [1.82, 2.24) is 10.0 Å². The Kier molecular flexibility index (Phi) is 6.41. The van der Waals surface area contributed by atoms with Crippen LogP contribution in [0.3, 0.4) is 0 Å². The number of carbonyl (C=O) groups excluding carboxylic acids is 4. The largest absolute Gasteiger partial charge is 0.497 e. The number of hydrazine groups is 1. The molecule has 34 heavy (non-hydrogen) atoms. The van der Waals surface area contributed by atoms with Gasteiger partial charge in [0.25, 0.3) is 17.7 Å². The quantitative estimate of drug-likeness (QED) is 0.357. The monoisotopic (exact) mass is 496 g/mol. The van der Waals surface area contributed by atoms with E-state index in [-0.39, 0.29) is 32.3 Å². The Hall–Kier alpha value is -3.68. The van der Waals surface area contributed by atoms with Crippen LogP contribution in [0.5, 0.6) is 5.75 Å². The van der Waals surface area contributed by atoms with Gasteiger partial charge in [-0.15, -0.1) is 0 Å². The zero-order chi connectivity index (χ0) is 24.6. The lowest BCUT2D eigenvalue weighted by Crippen LogP contribution is -2.56. The Labute approximate surface area is 205 Å². The van der Waals surface area contributed by atoms with Gasteiger partial charge in [-0.25, -0.2) is 5.01 Å². The number of ether oxygens (including phenoxy) is 1. The highest BCUT2D eigenvalue weighted by molar-refractivity contribution is 6.42. The van der Waals surface area contributed by atoms with Gasteiger partial charge in [0.2, 0.25) is 0 Å². The zero-order valence-corrected chi connectivity index (χ0v) is 19.6. The molecule has 0 aromatic heterocycles. The van der Waals surface area contributed by atoms with Crippen molar-refractivity contribution in [2.75, 3.05) is 7.11 Å². The van der Waals surface area contributed by atoms with Gasteiger partial charge in [0.1, 0.15) is 11.8 Å². The summed E-state index contributed by atoms with van der Waals surface area (Å²) in [5.74, 6) is -2.10. The molecule has 1 aliphatic heterocycles. The summed E-state index contributed by atoms with van der Waals surface area (Å²) in [6.07, 6.45) is 0. The number of imide groups is 1. The minimum atomic E-state index is -1.21.